The molecule has 0 aromatic heterocycles. The molecule has 0 spiro atoms. The van der Waals surface area contributed by atoms with Gasteiger partial charge >= 0.3 is 0 Å². The molecule has 156 valence electrons. The van der Waals surface area contributed by atoms with Crippen molar-refractivity contribution in [2.75, 3.05) is 12.0 Å². The van der Waals surface area contributed by atoms with Gasteiger partial charge < -0.3 is 14.9 Å². The summed E-state index contributed by atoms with van der Waals surface area (Å²) in [6, 6.07) is 16.6. The molecule has 1 aliphatic rings. The maximum Gasteiger partial charge on any atom is 0.300 e. The molecule has 0 bridgehead atoms. The second kappa shape index (κ2) is 7.95. The lowest BCUT2D eigenvalue weighted by atomic mass is 9.95. The number of hydrogen-bond donors (Lipinski definition) is 2. The molecule has 1 saturated heterocycles. The number of carbonyl (C=O) groups is 2. The number of ketones is 1. The predicted molar refractivity (Wildman–Crippen MR) is 112 cm³/mol. The third-order valence-electron chi connectivity index (χ3n) is 5.08. The van der Waals surface area contributed by atoms with Gasteiger partial charge in [-0.2, -0.15) is 0 Å². The smallest absolute Gasteiger partial charge is 0.300 e. The number of anilines is 1. The number of nitrogens with zero attached hydrogens (tertiary/aromatic N) is 1. The maximum atomic E-state index is 13.3. The summed E-state index contributed by atoms with van der Waals surface area (Å²) < 4.78 is 18.6. The molecule has 3 aromatic rings. The van der Waals surface area contributed by atoms with E-state index in [0.717, 1.165) is 12.1 Å². The van der Waals surface area contributed by atoms with Crippen LogP contribution in [0.2, 0.25) is 0 Å². The summed E-state index contributed by atoms with van der Waals surface area (Å²) in [6.07, 6.45) is 0. The molecule has 0 radical (unpaired) electrons. The Morgan fingerprint density at radius 1 is 1.00 bits per heavy atom. The zero-order chi connectivity index (χ0) is 22.1. The van der Waals surface area contributed by atoms with E-state index in [4.69, 9.17) is 4.74 Å². The van der Waals surface area contributed by atoms with Crippen molar-refractivity contribution < 1.29 is 28.9 Å². The molecule has 1 aliphatic heterocycles. The van der Waals surface area contributed by atoms with Crippen molar-refractivity contribution in [3.8, 4) is 11.5 Å². The zero-order valence-corrected chi connectivity index (χ0v) is 16.4. The van der Waals surface area contributed by atoms with Crippen LogP contribution in [0, 0.1) is 5.82 Å². The number of aliphatic hydroxyl groups excluding tert-OH is 1. The molecule has 1 fully saturated rings. The van der Waals surface area contributed by atoms with Gasteiger partial charge in [0, 0.05) is 17.3 Å². The Hall–Kier alpha value is -4.13. The lowest BCUT2D eigenvalue weighted by molar-refractivity contribution is -0.132. The molecule has 7 heteroatoms. The van der Waals surface area contributed by atoms with Crippen LogP contribution in [0.1, 0.15) is 17.2 Å². The van der Waals surface area contributed by atoms with E-state index in [2.05, 4.69) is 0 Å². The molecule has 6 nitrogen and oxygen atoms in total. The standard InChI is InChI=1S/C24H18FNO5/c1-31-19-7-3-5-17(13-19)26-21(15-4-2-6-18(27)12-15)20(23(29)24(26)30)22(28)14-8-10-16(25)11-9-14/h2-13,21,27-28H,1H3/b22-20+. The van der Waals surface area contributed by atoms with E-state index in [0.29, 0.717) is 17.0 Å². The summed E-state index contributed by atoms with van der Waals surface area (Å²) in [5.74, 6) is -2.25. The SMILES string of the molecule is COc1cccc(N2C(=O)C(=O)/C(=C(/O)c3ccc(F)cc3)C2c2cccc(O)c2)c1. The monoisotopic (exact) mass is 419 g/mol. The minimum atomic E-state index is -1.01. The van der Waals surface area contributed by atoms with E-state index in [1.165, 1.54) is 36.3 Å². The quantitative estimate of drug-likeness (QED) is 0.377. The zero-order valence-electron chi connectivity index (χ0n) is 16.4. The Balaban J connectivity index is 1.95. The van der Waals surface area contributed by atoms with Crippen LogP contribution in [0.5, 0.6) is 11.5 Å². The number of methoxy groups -OCH3 is 1. The number of aliphatic hydroxyl groups is 1. The van der Waals surface area contributed by atoms with Gasteiger partial charge in [0.2, 0.25) is 0 Å². The normalized spacial score (nSPS) is 17.7. The van der Waals surface area contributed by atoms with E-state index in [-0.39, 0.29) is 16.9 Å². The summed E-state index contributed by atoms with van der Waals surface area (Å²) in [5.41, 5.74) is 0.832. The van der Waals surface area contributed by atoms with Crippen LogP contribution in [-0.4, -0.2) is 29.0 Å². The molecule has 3 aromatic carbocycles. The number of aromatic hydroxyl groups is 1. The van der Waals surface area contributed by atoms with Crippen LogP contribution in [0.4, 0.5) is 10.1 Å². The molecule has 1 unspecified atom stereocenters. The number of benzene rings is 3. The van der Waals surface area contributed by atoms with Crippen LogP contribution in [0.15, 0.2) is 78.4 Å². The van der Waals surface area contributed by atoms with Gasteiger partial charge in [-0.3, -0.25) is 14.5 Å². The Kier molecular flexibility index (Phi) is 5.17. The average Bonchev–Trinajstić information content (AvgIpc) is 3.04. The largest absolute Gasteiger partial charge is 0.508 e. The van der Waals surface area contributed by atoms with Crippen LogP contribution >= 0.6 is 0 Å². The van der Waals surface area contributed by atoms with Gasteiger partial charge in [0.1, 0.15) is 23.1 Å². The minimum Gasteiger partial charge on any atom is -0.508 e. The van der Waals surface area contributed by atoms with E-state index in [1.807, 2.05) is 0 Å². The lowest BCUT2D eigenvalue weighted by Gasteiger charge is -2.25. The highest BCUT2D eigenvalue weighted by molar-refractivity contribution is 6.51. The van der Waals surface area contributed by atoms with E-state index < -0.39 is 29.3 Å². The Bertz CT molecular complexity index is 1200. The second-order valence-corrected chi connectivity index (χ2v) is 6.97. The fourth-order valence-electron chi connectivity index (χ4n) is 3.63. The van der Waals surface area contributed by atoms with Crippen molar-refractivity contribution in [1.82, 2.24) is 0 Å². The number of carbonyl (C=O) groups excluding carboxylic acids is 2. The first-order valence-corrected chi connectivity index (χ1v) is 9.40. The van der Waals surface area contributed by atoms with Gasteiger partial charge in [0.25, 0.3) is 11.7 Å². The fraction of sp³-hybridized carbons (Fsp3) is 0.0833. The Labute approximate surface area is 177 Å². The number of rotatable bonds is 4. The molecule has 4 rings (SSSR count). The first kappa shape index (κ1) is 20.2. The third kappa shape index (κ3) is 3.61. The van der Waals surface area contributed by atoms with E-state index >= 15 is 0 Å². The summed E-state index contributed by atoms with van der Waals surface area (Å²) in [5, 5.41) is 20.9. The number of Topliss-reactive ketones (excluding diaryl/α,β-unsaturated/α-hetero) is 1. The predicted octanol–water partition coefficient (Wildman–Crippen LogP) is 4.17. The molecule has 1 heterocycles. The highest BCUT2D eigenvalue weighted by Crippen LogP contribution is 2.43. The second-order valence-electron chi connectivity index (χ2n) is 6.97. The number of hydrogen-bond acceptors (Lipinski definition) is 5. The highest BCUT2D eigenvalue weighted by Gasteiger charge is 2.47. The van der Waals surface area contributed by atoms with Crippen LogP contribution < -0.4 is 9.64 Å². The van der Waals surface area contributed by atoms with Gasteiger partial charge in [-0.15, -0.1) is 0 Å². The first-order chi connectivity index (χ1) is 14.9. The number of halogens is 1. The molecule has 0 aliphatic carbocycles. The Morgan fingerprint density at radius 2 is 1.71 bits per heavy atom. The maximum absolute atomic E-state index is 13.3. The Morgan fingerprint density at radius 3 is 2.39 bits per heavy atom. The van der Waals surface area contributed by atoms with Crippen molar-refractivity contribution in [2.45, 2.75) is 6.04 Å². The van der Waals surface area contributed by atoms with Crippen molar-refractivity contribution in [3.63, 3.8) is 0 Å². The minimum absolute atomic E-state index is 0.0597. The summed E-state index contributed by atoms with van der Waals surface area (Å²) >= 11 is 0. The molecule has 2 N–H and O–H groups in total. The van der Waals surface area contributed by atoms with Gasteiger partial charge in [-0.25, -0.2) is 4.39 Å². The molecule has 0 saturated carbocycles. The summed E-state index contributed by atoms with van der Waals surface area (Å²) in [6.45, 7) is 0. The third-order valence-corrected chi connectivity index (χ3v) is 5.08. The van der Waals surface area contributed by atoms with Gasteiger partial charge in [-0.1, -0.05) is 18.2 Å². The average molecular weight is 419 g/mol. The van der Waals surface area contributed by atoms with Crippen molar-refractivity contribution in [3.05, 3.63) is 95.3 Å². The van der Waals surface area contributed by atoms with Crippen molar-refractivity contribution in [2.24, 2.45) is 0 Å². The fourth-order valence-corrected chi connectivity index (χ4v) is 3.63. The number of amides is 1. The molecular weight excluding hydrogens is 401 g/mol. The van der Waals surface area contributed by atoms with E-state index in [1.54, 1.807) is 36.4 Å². The summed E-state index contributed by atoms with van der Waals surface area (Å²) in [4.78, 5) is 27.3. The molecular formula is C24H18FNO5. The van der Waals surface area contributed by atoms with Crippen LogP contribution in [0.3, 0.4) is 0 Å². The van der Waals surface area contributed by atoms with Gasteiger partial charge in [0.15, 0.2) is 0 Å². The van der Waals surface area contributed by atoms with Gasteiger partial charge in [-0.05, 0) is 54.1 Å². The topological polar surface area (TPSA) is 87.1 Å². The first-order valence-electron chi connectivity index (χ1n) is 9.40. The van der Waals surface area contributed by atoms with Crippen LogP contribution in [-0.2, 0) is 9.59 Å². The van der Waals surface area contributed by atoms with Crippen molar-refractivity contribution >= 4 is 23.1 Å². The lowest BCUT2D eigenvalue weighted by Crippen LogP contribution is -2.29. The van der Waals surface area contributed by atoms with Gasteiger partial charge in [0.05, 0.1) is 18.7 Å². The van der Waals surface area contributed by atoms with E-state index in [9.17, 15) is 24.2 Å². The number of phenolic OH excluding ortho intramolecular Hbond substituents is 1. The molecule has 31 heavy (non-hydrogen) atoms. The molecule has 1 atom stereocenters. The number of phenols is 1. The summed E-state index contributed by atoms with van der Waals surface area (Å²) in [7, 11) is 1.48. The number of ether oxygens (including phenoxy) is 1. The highest BCUT2D eigenvalue weighted by atomic mass is 19.1. The molecule has 1 amide bonds. The van der Waals surface area contributed by atoms with Crippen molar-refractivity contribution in [1.29, 1.82) is 0 Å². The van der Waals surface area contributed by atoms with Crippen LogP contribution in [0.25, 0.3) is 5.76 Å².